The van der Waals surface area contributed by atoms with E-state index < -0.39 is 12.1 Å². The lowest BCUT2D eigenvalue weighted by Gasteiger charge is -2.22. The Labute approximate surface area is 373 Å². The lowest BCUT2D eigenvalue weighted by Crippen LogP contribution is -2.45. The molecule has 2 unspecified atom stereocenters. The molecule has 0 aromatic carbocycles. The van der Waals surface area contributed by atoms with Gasteiger partial charge in [-0.15, -0.1) is 0 Å². The molecule has 0 rings (SSSR count). The Morgan fingerprint density at radius 1 is 0.467 bits per heavy atom. The summed E-state index contributed by atoms with van der Waals surface area (Å²) >= 11 is 0. The van der Waals surface area contributed by atoms with Crippen LogP contribution < -0.4 is 5.32 Å². The Bertz CT molecular complexity index is 977. The second kappa shape index (κ2) is 49.7. The van der Waals surface area contributed by atoms with E-state index in [4.69, 9.17) is 4.74 Å². The number of aliphatic hydroxyl groups is 2. The van der Waals surface area contributed by atoms with E-state index in [1.54, 1.807) is 0 Å². The summed E-state index contributed by atoms with van der Waals surface area (Å²) in [4.78, 5) is 24.5. The zero-order chi connectivity index (χ0) is 43.7. The number of amides is 1. The third kappa shape index (κ3) is 45.6. The monoisotopic (exact) mass is 844 g/mol. The minimum Gasteiger partial charge on any atom is -0.466 e. The Balaban J connectivity index is 3.52. The first kappa shape index (κ1) is 58.1. The third-order valence-corrected chi connectivity index (χ3v) is 11.9. The van der Waals surface area contributed by atoms with Crippen LogP contribution in [0.5, 0.6) is 0 Å². The minimum absolute atomic E-state index is 0.0370. The number of rotatable bonds is 48. The lowest BCUT2D eigenvalue weighted by molar-refractivity contribution is -0.143. The number of esters is 1. The van der Waals surface area contributed by atoms with Crippen molar-refractivity contribution in [3.05, 3.63) is 36.5 Å². The van der Waals surface area contributed by atoms with Gasteiger partial charge in [0.15, 0.2) is 0 Å². The SMILES string of the molecule is CCCCC/C=C\C/C=C\CCCCCCCC(=O)OCCCCC/C=C\CCCCCCCC(=O)NC(CO)C(O)CCCCCCCCCCCCCCCCCC. The van der Waals surface area contributed by atoms with Crippen LogP contribution in [-0.2, 0) is 14.3 Å². The number of ether oxygens (including phenoxy) is 1. The van der Waals surface area contributed by atoms with Crippen molar-refractivity contribution in [1.29, 1.82) is 0 Å². The van der Waals surface area contributed by atoms with Crippen molar-refractivity contribution in [2.24, 2.45) is 0 Å². The number of unbranched alkanes of at least 4 members (excludes halogenated alkanes) is 31. The number of hydrogen-bond acceptors (Lipinski definition) is 5. The summed E-state index contributed by atoms with van der Waals surface area (Å²) in [6, 6.07) is -0.561. The van der Waals surface area contributed by atoms with Gasteiger partial charge in [0.1, 0.15) is 0 Å². The van der Waals surface area contributed by atoms with Gasteiger partial charge in [0.25, 0.3) is 0 Å². The zero-order valence-corrected chi connectivity index (χ0v) is 39.9. The first-order valence-electron chi connectivity index (χ1n) is 26.2. The molecule has 0 saturated carbocycles. The molecule has 2 atom stereocenters. The maximum atomic E-state index is 12.4. The van der Waals surface area contributed by atoms with Crippen LogP contribution in [0.4, 0.5) is 0 Å². The molecule has 352 valence electrons. The number of aliphatic hydroxyl groups excluding tert-OH is 2. The van der Waals surface area contributed by atoms with E-state index in [2.05, 4.69) is 55.6 Å². The van der Waals surface area contributed by atoms with Gasteiger partial charge in [0, 0.05) is 12.8 Å². The highest BCUT2D eigenvalue weighted by Crippen LogP contribution is 2.16. The summed E-state index contributed by atoms with van der Waals surface area (Å²) in [5.74, 6) is -0.0985. The van der Waals surface area contributed by atoms with Gasteiger partial charge in [0.2, 0.25) is 5.91 Å². The lowest BCUT2D eigenvalue weighted by atomic mass is 10.0. The van der Waals surface area contributed by atoms with Crippen molar-refractivity contribution in [2.45, 2.75) is 283 Å². The molecule has 1 amide bonds. The molecule has 3 N–H and O–H groups in total. The van der Waals surface area contributed by atoms with Gasteiger partial charge < -0.3 is 20.3 Å². The van der Waals surface area contributed by atoms with Crippen molar-refractivity contribution in [3.63, 3.8) is 0 Å². The summed E-state index contributed by atoms with van der Waals surface area (Å²) < 4.78 is 5.44. The van der Waals surface area contributed by atoms with Gasteiger partial charge in [-0.1, -0.05) is 204 Å². The average molecular weight is 844 g/mol. The number of nitrogens with one attached hydrogen (secondary N) is 1. The van der Waals surface area contributed by atoms with Gasteiger partial charge in [-0.3, -0.25) is 9.59 Å². The Morgan fingerprint density at radius 3 is 1.32 bits per heavy atom. The van der Waals surface area contributed by atoms with E-state index in [-0.39, 0.29) is 18.5 Å². The van der Waals surface area contributed by atoms with E-state index in [0.717, 1.165) is 89.9 Å². The van der Waals surface area contributed by atoms with E-state index in [9.17, 15) is 19.8 Å². The van der Waals surface area contributed by atoms with E-state index in [1.165, 1.54) is 148 Å². The van der Waals surface area contributed by atoms with Crippen LogP contribution in [-0.4, -0.2) is 47.4 Å². The Hall–Kier alpha value is -1.92. The molecule has 0 heterocycles. The fraction of sp³-hybridized carbons (Fsp3) is 0.852. The molecular weight excluding hydrogens is 743 g/mol. The largest absolute Gasteiger partial charge is 0.466 e. The normalized spacial score (nSPS) is 12.9. The average Bonchev–Trinajstić information content (AvgIpc) is 3.25. The molecule has 6 nitrogen and oxygen atoms in total. The van der Waals surface area contributed by atoms with E-state index in [0.29, 0.717) is 25.9 Å². The smallest absolute Gasteiger partial charge is 0.305 e. The molecule has 60 heavy (non-hydrogen) atoms. The van der Waals surface area contributed by atoms with Crippen molar-refractivity contribution < 1.29 is 24.5 Å². The first-order chi connectivity index (χ1) is 29.5. The maximum Gasteiger partial charge on any atom is 0.305 e. The van der Waals surface area contributed by atoms with Gasteiger partial charge in [-0.05, 0) is 89.9 Å². The fourth-order valence-electron chi connectivity index (χ4n) is 7.84. The first-order valence-corrected chi connectivity index (χ1v) is 26.2. The van der Waals surface area contributed by atoms with E-state index in [1.807, 2.05) is 0 Å². The second-order valence-corrected chi connectivity index (χ2v) is 17.8. The highest BCUT2D eigenvalue weighted by molar-refractivity contribution is 5.76. The van der Waals surface area contributed by atoms with Crippen molar-refractivity contribution in [1.82, 2.24) is 5.32 Å². The van der Waals surface area contributed by atoms with Crippen LogP contribution in [0.1, 0.15) is 271 Å². The van der Waals surface area contributed by atoms with Crippen molar-refractivity contribution in [2.75, 3.05) is 13.2 Å². The molecule has 0 saturated heterocycles. The molecular formula is C54H101NO5. The van der Waals surface area contributed by atoms with Crippen LogP contribution in [0.3, 0.4) is 0 Å². The Kier molecular flexibility index (Phi) is 48.1. The summed E-state index contributed by atoms with van der Waals surface area (Å²) in [5.41, 5.74) is 0. The Morgan fingerprint density at radius 2 is 0.833 bits per heavy atom. The highest BCUT2D eigenvalue weighted by atomic mass is 16.5. The van der Waals surface area contributed by atoms with Crippen LogP contribution in [0.25, 0.3) is 0 Å². The molecule has 0 spiro atoms. The summed E-state index contributed by atoms with van der Waals surface area (Å²) in [5, 5.41) is 23.2. The van der Waals surface area contributed by atoms with Gasteiger partial charge in [0.05, 0.1) is 25.4 Å². The minimum atomic E-state index is -0.681. The topological polar surface area (TPSA) is 95.9 Å². The zero-order valence-electron chi connectivity index (χ0n) is 39.9. The van der Waals surface area contributed by atoms with Crippen molar-refractivity contribution in [3.8, 4) is 0 Å². The predicted octanol–water partition coefficient (Wildman–Crippen LogP) is 15.7. The molecule has 0 aromatic rings. The van der Waals surface area contributed by atoms with Gasteiger partial charge in [-0.25, -0.2) is 0 Å². The molecule has 0 radical (unpaired) electrons. The second-order valence-electron chi connectivity index (χ2n) is 17.8. The molecule has 0 aliphatic heterocycles. The molecule has 0 aromatic heterocycles. The third-order valence-electron chi connectivity index (χ3n) is 11.9. The summed E-state index contributed by atoms with van der Waals surface area (Å²) in [6.07, 6.45) is 59.7. The number of hydrogen-bond donors (Lipinski definition) is 3. The molecule has 6 heteroatoms. The van der Waals surface area contributed by atoms with Gasteiger partial charge in [-0.2, -0.15) is 0 Å². The molecule has 0 bridgehead atoms. The van der Waals surface area contributed by atoms with E-state index >= 15 is 0 Å². The van der Waals surface area contributed by atoms with Crippen LogP contribution >= 0.6 is 0 Å². The highest BCUT2D eigenvalue weighted by Gasteiger charge is 2.20. The summed E-state index contributed by atoms with van der Waals surface area (Å²) in [7, 11) is 0. The van der Waals surface area contributed by atoms with Gasteiger partial charge >= 0.3 is 5.97 Å². The maximum absolute atomic E-state index is 12.4. The summed E-state index contributed by atoms with van der Waals surface area (Å²) in [6.45, 7) is 4.86. The van der Waals surface area contributed by atoms with Crippen molar-refractivity contribution >= 4 is 11.9 Å². The quantitative estimate of drug-likeness (QED) is 0.0322. The van der Waals surface area contributed by atoms with Crippen LogP contribution in [0.15, 0.2) is 36.5 Å². The molecule has 0 aliphatic carbocycles. The standard InChI is InChI=1S/C54H101NO5/c1-3-5-7-9-11-13-15-17-19-21-22-26-30-34-38-42-46-52(57)51(50-56)55-53(58)47-43-39-35-31-27-24-25-29-33-37-41-45-49-60-54(59)48-44-40-36-32-28-23-20-18-16-14-12-10-8-6-4-2/h12,14,18,20,25,29,51-52,56-57H,3-11,13,15-17,19,21-24,26-28,30-50H2,1-2H3,(H,55,58)/b14-12-,20-18-,29-25-. The van der Waals surface area contributed by atoms with Crippen LogP contribution in [0, 0.1) is 0 Å². The number of carbonyl (C=O) groups is 2. The van der Waals surface area contributed by atoms with Crippen LogP contribution in [0.2, 0.25) is 0 Å². The number of allylic oxidation sites excluding steroid dienone is 6. The number of carbonyl (C=O) groups excluding carboxylic acids is 2. The fourth-order valence-corrected chi connectivity index (χ4v) is 7.84. The predicted molar refractivity (Wildman–Crippen MR) is 259 cm³/mol. The molecule has 0 fully saturated rings. The molecule has 0 aliphatic rings.